The summed E-state index contributed by atoms with van der Waals surface area (Å²) in [6.07, 6.45) is 0. The topological polar surface area (TPSA) is 50.9 Å². The molecule has 0 unspecified atom stereocenters. The summed E-state index contributed by atoms with van der Waals surface area (Å²) in [7, 11) is 0. The first kappa shape index (κ1) is 14.2. The van der Waals surface area contributed by atoms with Gasteiger partial charge < -0.3 is 9.67 Å². The van der Waals surface area contributed by atoms with E-state index in [2.05, 4.69) is 53.0 Å². The number of halogens is 1. The molecule has 0 amide bonds. The summed E-state index contributed by atoms with van der Waals surface area (Å²) in [5.41, 5.74) is 1.96. The number of aliphatic hydroxyl groups excluding tert-OH is 1. The van der Waals surface area contributed by atoms with Crippen molar-refractivity contribution in [3.05, 3.63) is 34.1 Å². The van der Waals surface area contributed by atoms with Crippen LogP contribution in [0.3, 0.4) is 0 Å². The Bertz CT molecular complexity index is 579. The highest BCUT2D eigenvalue weighted by Crippen LogP contribution is 2.28. The molecular weight excluding hydrogens is 306 g/mol. The van der Waals surface area contributed by atoms with Crippen molar-refractivity contribution < 1.29 is 5.11 Å². The van der Waals surface area contributed by atoms with Crippen LogP contribution in [0.15, 0.2) is 22.7 Å². The van der Waals surface area contributed by atoms with Crippen LogP contribution in [0.4, 0.5) is 0 Å². The lowest BCUT2D eigenvalue weighted by molar-refractivity contribution is 0.250. The second kappa shape index (κ2) is 5.06. The van der Waals surface area contributed by atoms with E-state index >= 15 is 0 Å². The van der Waals surface area contributed by atoms with Gasteiger partial charge in [-0.2, -0.15) is 0 Å². The third kappa shape index (κ3) is 2.87. The molecule has 5 heteroatoms. The van der Waals surface area contributed by atoms with E-state index in [1.807, 2.05) is 23.6 Å². The molecule has 0 spiro atoms. The summed E-state index contributed by atoms with van der Waals surface area (Å²) in [6, 6.07) is 6.13. The highest BCUT2D eigenvalue weighted by atomic mass is 79.9. The molecule has 2 aromatic rings. The Kier molecular flexibility index (Phi) is 3.78. The molecule has 1 aromatic carbocycles. The second-order valence-electron chi connectivity index (χ2n) is 5.62. The number of aromatic nitrogens is 3. The first-order valence-electron chi connectivity index (χ1n) is 6.16. The van der Waals surface area contributed by atoms with Crippen molar-refractivity contribution >= 4 is 15.9 Å². The molecule has 0 radical (unpaired) electrons. The maximum absolute atomic E-state index is 9.42. The Hall–Kier alpha value is -1.20. The summed E-state index contributed by atoms with van der Waals surface area (Å²) >= 11 is 3.50. The molecule has 0 saturated heterocycles. The normalized spacial score (nSPS) is 11.9. The van der Waals surface area contributed by atoms with Crippen LogP contribution in [-0.4, -0.2) is 19.9 Å². The van der Waals surface area contributed by atoms with E-state index in [9.17, 15) is 5.11 Å². The van der Waals surface area contributed by atoms with E-state index in [-0.39, 0.29) is 12.1 Å². The number of hydrogen-bond acceptors (Lipinski definition) is 3. The minimum absolute atomic E-state index is 0.114. The van der Waals surface area contributed by atoms with Crippen molar-refractivity contribution in [2.24, 2.45) is 0 Å². The van der Waals surface area contributed by atoms with Crippen molar-refractivity contribution in [3.63, 3.8) is 0 Å². The van der Waals surface area contributed by atoms with E-state index in [1.54, 1.807) is 0 Å². The molecule has 0 fully saturated rings. The van der Waals surface area contributed by atoms with Crippen LogP contribution in [0.2, 0.25) is 0 Å². The first-order chi connectivity index (χ1) is 8.82. The lowest BCUT2D eigenvalue weighted by Crippen LogP contribution is -2.25. The highest BCUT2D eigenvalue weighted by Gasteiger charge is 2.23. The van der Waals surface area contributed by atoms with Gasteiger partial charge >= 0.3 is 0 Å². The summed E-state index contributed by atoms with van der Waals surface area (Å²) in [4.78, 5) is 0. The smallest absolute Gasteiger partial charge is 0.164 e. The molecule has 1 aromatic heterocycles. The Morgan fingerprint density at radius 3 is 2.42 bits per heavy atom. The fourth-order valence-corrected chi connectivity index (χ4v) is 2.78. The molecule has 19 heavy (non-hydrogen) atoms. The van der Waals surface area contributed by atoms with Gasteiger partial charge in [-0.15, -0.1) is 10.2 Å². The Labute approximate surface area is 121 Å². The van der Waals surface area contributed by atoms with Gasteiger partial charge in [0.2, 0.25) is 0 Å². The first-order valence-corrected chi connectivity index (χ1v) is 6.95. The van der Waals surface area contributed by atoms with E-state index in [4.69, 9.17) is 0 Å². The maximum Gasteiger partial charge on any atom is 0.164 e. The zero-order valence-corrected chi connectivity index (χ0v) is 13.2. The van der Waals surface area contributed by atoms with Gasteiger partial charge in [-0.3, -0.25) is 0 Å². The molecular formula is C14H18BrN3O. The van der Waals surface area contributed by atoms with E-state index in [0.717, 1.165) is 21.4 Å². The van der Waals surface area contributed by atoms with Crippen LogP contribution in [-0.2, 0) is 12.1 Å². The van der Waals surface area contributed by atoms with E-state index in [0.29, 0.717) is 5.82 Å². The predicted octanol–water partition coefficient (Wildman–Crippen LogP) is 3.26. The minimum Gasteiger partial charge on any atom is -0.388 e. The van der Waals surface area contributed by atoms with Gasteiger partial charge in [0.1, 0.15) is 6.61 Å². The zero-order chi connectivity index (χ0) is 14.2. The molecule has 4 nitrogen and oxygen atoms in total. The average Bonchev–Trinajstić information content (AvgIpc) is 2.70. The van der Waals surface area contributed by atoms with Gasteiger partial charge in [-0.25, -0.2) is 0 Å². The van der Waals surface area contributed by atoms with Crippen LogP contribution in [0.25, 0.3) is 11.4 Å². The molecule has 0 aliphatic rings. The monoisotopic (exact) mass is 323 g/mol. The zero-order valence-electron chi connectivity index (χ0n) is 11.6. The van der Waals surface area contributed by atoms with Crippen LogP contribution < -0.4 is 0 Å². The van der Waals surface area contributed by atoms with Gasteiger partial charge in [0.25, 0.3) is 0 Å². The van der Waals surface area contributed by atoms with Crippen molar-refractivity contribution in [2.45, 2.75) is 39.8 Å². The largest absolute Gasteiger partial charge is 0.388 e. The number of aliphatic hydroxyl groups is 1. The molecule has 0 bridgehead atoms. The van der Waals surface area contributed by atoms with Crippen LogP contribution in [0.1, 0.15) is 32.2 Å². The molecule has 0 atom stereocenters. The lowest BCUT2D eigenvalue weighted by atomic mass is 10.1. The molecule has 1 heterocycles. The summed E-state index contributed by atoms with van der Waals surface area (Å²) in [5.74, 6) is 1.36. The van der Waals surface area contributed by atoms with Crippen LogP contribution in [0, 0.1) is 6.92 Å². The quantitative estimate of drug-likeness (QED) is 0.922. The summed E-state index contributed by atoms with van der Waals surface area (Å²) in [5, 5.41) is 17.7. The summed E-state index contributed by atoms with van der Waals surface area (Å²) in [6.45, 7) is 8.15. The van der Waals surface area contributed by atoms with Gasteiger partial charge in [0.15, 0.2) is 11.6 Å². The van der Waals surface area contributed by atoms with Crippen LogP contribution >= 0.6 is 15.9 Å². The number of rotatable bonds is 2. The standard InChI is InChI=1S/C14H18BrN3O/c1-9-5-10(7-11(15)6-9)13-17-16-12(8-19)18(13)14(2,3)4/h5-7,19H,8H2,1-4H3. The number of nitrogens with zero attached hydrogens (tertiary/aromatic N) is 3. The van der Waals surface area contributed by atoms with Crippen LogP contribution in [0.5, 0.6) is 0 Å². The van der Waals surface area contributed by atoms with Gasteiger partial charge in [0.05, 0.1) is 0 Å². The van der Waals surface area contributed by atoms with Crippen molar-refractivity contribution in [2.75, 3.05) is 0 Å². The molecule has 2 rings (SSSR count). The molecule has 0 saturated carbocycles. The van der Waals surface area contributed by atoms with Crippen molar-refractivity contribution in [3.8, 4) is 11.4 Å². The SMILES string of the molecule is Cc1cc(Br)cc(-c2nnc(CO)n2C(C)(C)C)c1. The Balaban J connectivity index is 2.66. The van der Waals surface area contributed by atoms with Crippen molar-refractivity contribution in [1.29, 1.82) is 0 Å². The fraction of sp³-hybridized carbons (Fsp3) is 0.429. The molecule has 1 N–H and O–H groups in total. The van der Waals surface area contributed by atoms with Gasteiger partial charge in [0, 0.05) is 15.6 Å². The van der Waals surface area contributed by atoms with Gasteiger partial charge in [-0.1, -0.05) is 15.9 Å². The third-order valence-corrected chi connectivity index (χ3v) is 3.30. The maximum atomic E-state index is 9.42. The molecule has 102 valence electrons. The predicted molar refractivity (Wildman–Crippen MR) is 78.8 cm³/mol. The molecule has 0 aliphatic carbocycles. The minimum atomic E-state index is -0.187. The second-order valence-corrected chi connectivity index (χ2v) is 6.54. The van der Waals surface area contributed by atoms with Crippen molar-refractivity contribution in [1.82, 2.24) is 14.8 Å². The highest BCUT2D eigenvalue weighted by molar-refractivity contribution is 9.10. The Morgan fingerprint density at radius 1 is 1.21 bits per heavy atom. The average molecular weight is 324 g/mol. The Morgan fingerprint density at radius 2 is 1.89 bits per heavy atom. The number of aryl methyl sites for hydroxylation is 1. The van der Waals surface area contributed by atoms with E-state index < -0.39 is 0 Å². The lowest BCUT2D eigenvalue weighted by Gasteiger charge is -2.24. The molecule has 0 aliphatic heterocycles. The van der Waals surface area contributed by atoms with Gasteiger partial charge in [-0.05, 0) is 51.5 Å². The number of benzene rings is 1. The third-order valence-electron chi connectivity index (χ3n) is 2.84. The summed E-state index contributed by atoms with van der Waals surface area (Å²) < 4.78 is 2.99. The van der Waals surface area contributed by atoms with E-state index in [1.165, 1.54) is 0 Å². The fourth-order valence-electron chi connectivity index (χ4n) is 2.18. The number of hydrogen-bond donors (Lipinski definition) is 1.